The van der Waals surface area contributed by atoms with Gasteiger partial charge >= 0.3 is 12.0 Å². The zero-order valence-electron chi connectivity index (χ0n) is 11.7. The number of nitrogens with one attached hydrogen (secondary N) is 1. The van der Waals surface area contributed by atoms with Crippen molar-refractivity contribution in [3.63, 3.8) is 0 Å². The Kier molecular flexibility index (Phi) is 4.42. The van der Waals surface area contributed by atoms with Gasteiger partial charge in [-0.2, -0.15) is 0 Å². The molecule has 1 atom stereocenters. The van der Waals surface area contributed by atoms with E-state index in [1.54, 1.807) is 7.05 Å². The minimum absolute atomic E-state index is 0.0394. The van der Waals surface area contributed by atoms with Crippen molar-refractivity contribution < 1.29 is 19.5 Å². The van der Waals surface area contributed by atoms with Crippen molar-refractivity contribution in [2.75, 3.05) is 20.3 Å². The molecule has 7 nitrogen and oxygen atoms in total. The molecular weight excluding hydrogens is 274 g/mol. The SMILES string of the molecule is CN1CN(CC(=O)O)C(=O)N[C@@H](Cc2ccccc2)C1=O. The van der Waals surface area contributed by atoms with E-state index in [1.807, 2.05) is 30.3 Å². The largest absolute Gasteiger partial charge is 0.480 e. The van der Waals surface area contributed by atoms with Crippen LogP contribution in [-0.4, -0.2) is 59.1 Å². The summed E-state index contributed by atoms with van der Waals surface area (Å²) in [6.07, 6.45) is 0.372. The first-order valence-corrected chi connectivity index (χ1v) is 6.53. The molecule has 0 spiro atoms. The zero-order valence-corrected chi connectivity index (χ0v) is 11.7. The van der Waals surface area contributed by atoms with Crippen LogP contribution in [0.3, 0.4) is 0 Å². The fraction of sp³-hybridized carbons (Fsp3) is 0.357. The molecule has 0 bridgehead atoms. The van der Waals surface area contributed by atoms with Crippen LogP contribution in [0, 0.1) is 0 Å². The molecule has 3 amide bonds. The number of benzene rings is 1. The maximum absolute atomic E-state index is 12.3. The Morgan fingerprint density at radius 2 is 2.00 bits per heavy atom. The van der Waals surface area contributed by atoms with Gasteiger partial charge in [-0.1, -0.05) is 30.3 Å². The highest BCUT2D eigenvalue weighted by Gasteiger charge is 2.32. The van der Waals surface area contributed by atoms with E-state index in [0.717, 1.165) is 10.5 Å². The van der Waals surface area contributed by atoms with Gasteiger partial charge in [0.05, 0.1) is 6.67 Å². The van der Waals surface area contributed by atoms with Crippen LogP contribution in [0.4, 0.5) is 4.79 Å². The van der Waals surface area contributed by atoms with Gasteiger partial charge < -0.3 is 15.3 Å². The lowest BCUT2D eigenvalue weighted by Gasteiger charge is -2.22. The number of nitrogens with zero attached hydrogens (tertiary/aromatic N) is 2. The molecule has 1 heterocycles. The summed E-state index contributed by atoms with van der Waals surface area (Å²) >= 11 is 0. The Balaban J connectivity index is 2.14. The van der Waals surface area contributed by atoms with Crippen LogP contribution in [0.1, 0.15) is 5.56 Å². The second kappa shape index (κ2) is 6.25. The van der Waals surface area contributed by atoms with E-state index in [0.29, 0.717) is 6.42 Å². The highest BCUT2D eigenvalue weighted by molar-refractivity contribution is 5.90. The molecule has 1 fully saturated rings. The standard InChI is InChI=1S/C14H17N3O4/c1-16-9-17(8-12(18)19)14(21)15-11(13(16)20)7-10-5-3-2-4-6-10/h2-6,11H,7-9H2,1H3,(H,15,21)(H,18,19)/t11-/m0/s1. The number of hydrogen-bond donors (Lipinski definition) is 2. The third kappa shape index (κ3) is 3.71. The van der Waals surface area contributed by atoms with Crippen LogP contribution < -0.4 is 5.32 Å². The average molecular weight is 291 g/mol. The van der Waals surface area contributed by atoms with E-state index in [4.69, 9.17) is 5.11 Å². The van der Waals surface area contributed by atoms with Crippen LogP contribution in [0.25, 0.3) is 0 Å². The third-order valence-electron chi connectivity index (χ3n) is 3.25. The van der Waals surface area contributed by atoms with Gasteiger partial charge in [0.2, 0.25) is 5.91 Å². The van der Waals surface area contributed by atoms with E-state index < -0.39 is 24.6 Å². The molecule has 21 heavy (non-hydrogen) atoms. The minimum atomic E-state index is -1.12. The van der Waals surface area contributed by atoms with Gasteiger partial charge in [0.1, 0.15) is 12.6 Å². The van der Waals surface area contributed by atoms with E-state index in [-0.39, 0.29) is 12.6 Å². The number of rotatable bonds is 4. The summed E-state index contributed by atoms with van der Waals surface area (Å²) in [5.41, 5.74) is 0.927. The fourth-order valence-electron chi connectivity index (χ4n) is 2.23. The summed E-state index contributed by atoms with van der Waals surface area (Å²) in [6.45, 7) is -0.482. The van der Waals surface area contributed by atoms with Crippen molar-refractivity contribution in [1.82, 2.24) is 15.1 Å². The molecule has 1 saturated heterocycles. The molecule has 1 aliphatic heterocycles. The van der Waals surface area contributed by atoms with E-state index >= 15 is 0 Å². The molecule has 0 aromatic heterocycles. The molecule has 0 unspecified atom stereocenters. The summed E-state index contributed by atoms with van der Waals surface area (Å²) in [6, 6.07) is 8.10. The molecule has 1 aromatic carbocycles. The summed E-state index contributed by atoms with van der Waals surface area (Å²) in [5.74, 6) is -1.35. The lowest BCUT2D eigenvalue weighted by molar-refractivity contribution is -0.139. The second-order valence-corrected chi connectivity index (χ2v) is 4.96. The maximum Gasteiger partial charge on any atom is 0.323 e. The number of hydrogen-bond acceptors (Lipinski definition) is 3. The average Bonchev–Trinajstić information content (AvgIpc) is 2.53. The Bertz CT molecular complexity index is 546. The molecule has 1 aliphatic rings. The van der Waals surface area contributed by atoms with E-state index in [2.05, 4.69) is 5.32 Å². The number of likely N-dealkylation sites (N-methyl/N-ethyl adjacent to an activating group) is 1. The third-order valence-corrected chi connectivity index (χ3v) is 3.25. The molecular formula is C14H17N3O4. The predicted octanol–water partition coefficient (Wildman–Crippen LogP) is 0.123. The molecule has 2 N–H and O–H groups in total. The quantitative estimate of drug-likeness (QED) is 0.824. The van der Waals surface area contributed by atoms with E-state index in [1.165, 1.54) is 4.90 Å². The molecule has 2 rings (SSSR count). The highest BCUT2D eigenvalue weighted by atomic mass is 16.4. The maximum atomic E-state index is 12.3. The number of urea groups is 1. The molecule has 1 aromatic rings. The monoisotopic (exact) mass is 291 g/mol. The Labute approximate surface area is 122 Å². The van der Waals surface area contributed by atoms with Crippen LogP contribution in [0.5, 0.6) is 0 Å². The van der Waals surface area contributed by atoms with Crippen molar-refractivity contribution in [3.05, 3.63) is 35.9 Å². The van der Waals surface area contributed by atoms with E-state index in [9.17, 15) is 14.4 Å². The molecule has 112 valence electrons. The lowest BCUT2D eigenvalue weighted by atomic mass is 10.1. The Hall–Kier alpha value is -2.57. The minimum Gasteiger partial charge on any atom is -0.480 e. The number of carbonyl (C=O) groups excluding carboxylic acids is 2. The molecule has 0 aliphatic carbocycles. The number of carboxylic acids is 1. The van der Waals surface area contributed by atoms with Gasteiger partial charge in [0.15, 0.2) is 0 Å². The Morgan fingerprint density at radius 3 is 2.62 bits per heavy atom. The van der Waals surface area contributed by atoms with Gasteiger partial charge in [0.25, 0.3) is 0 Å². The first-order valence-electron chi connectivity index (χ1n) is 6.53. The van der Waals surface area contributed by atoms with Gasteiger partial charge in [-0.05, 0) is 5.56 Å². The molecule has 7 heteroatoms. The van der Waals surface area contributed by atoms with Crippen LogP contribution in [0.15, 0.2) is 30.3 Å². The summed E-state index contributed by atoms with van der Waals surface area (Å²) in [5, 5.41) is 11.4. The summed E-state index contributed by atoms with van der Waals surface area (Å²) < 4.78 is 0. The van der Waals surface area contributed by atoms with Crippen molar-refractivity contribution >= 4 is 17.9 Å². The van der Waals surface area contributed by atoms with Crippen molar-refractivity contribution in [2.24, 2.45) is 0 Å². The number of carboxylic acid groups (broad SMARTS) is 1. The van der Waals surface area contributed by atoms with Gasteiger partial charge in [0, 0.05) is 13.5 Å². The van der Waals surface area contributed by atoms with Gasteiger partial charge in [-0.3, -0.25) is 14.5 Å². The summed E-state index contributed by atoms with van der Waals surface area (Å²) in [7, 11) is 1.55. The lowest BCUT2D eigenvalue weighted by Crippen LogP contribution is -2.46. The van der Waals surface area contributed by atoms with Crippen molar-refractivity contribution in [3.8, 4) is 0 Å². The highest BCUT2D eigenvalue weighted by Crippen LogP contribution is 2.09. The fourth-order valence-corrected chi connectivity index (χ4v) is 2.23. The van der Waals surface area contributed by atoms with Crippen molar-refractivity contribution in [1.29, 1.82) is 0 Å². The first kappa shape index (κ1) is 14.8. The van der Waals surface area contributed by atoms with Gasteiger partial charge in [-0.15, -0.1) is 0 Å². The van der Waals surface area contributed by atoms with Crippen LogP contribution in [0.2, 0.25) is 0 Å². The predicted molar refractivity (Wildman–Crippen MR) is 74.4 cm³/mol. The Morgan fingerprint density at radius 1 is 1.33 bits per heavy atom. The zero-order chi connectivity index (χ0) is 15.4. The van der Waals surface area contributed by atoms with Crippen LogP contribution in [-0.2, 0) is 16.0 Å². The second-order valence-electron chi connectivity index (χ2n) is 4.96. The number of amides is 3. The molecule has 0 saturated carbocycles. The number of aliphatic carboxylic acids is 1. The molecule has 0 radical (unpaired) electrons. The first-order chi connectivity index (χ1) is 9.97. The van der Waals surface area contributed by atoms with Crippen LogP contribution >= 0.6 is 0 Å². The number of carbonyl (C=O) groups is 3. The summed E-state index contributed by atoms with van der Waals surface area (Å²) in [4.78, 5) is 37.5. The van der Waals surface area contributed by atoms with Gasteiger partial charge in [-0.25, -0.2) is 4.79 Å². The smallest absolute Gasteiger partial charge is 0.323 e. The normalized spacial score (nSPS) is 19.2. The van der Waals surface area contributed by atoms with Crippen molar-refractivity contribution in [2.45, 2.75) is 12.5 Å². The topological polar surface area (TPSA) is 89.9 Å².